The van der Waals surface area contributed by atoms with Crippen molar-refractivity contribution in [1.29, 1.82) is 0 Å². The van der Waals surface area contributed by atoms with E-state index in [9.17, 15) is 4.39 Å². The fraction of sp³-hybridized carbons (Fsp3) is 0.333. The van der Waals surface area contributed by atoms with Gasteiger partial charge in [0.15, 0.2) is 0 Å². The van der Waals surface area contributed by atoms with Crippen molar-refractivity contribution in [1.82, 2.24) is 9.97 Å². The van der Waals surface area contributed by atoms with Gasteiger partial charge >= 0.3 is 0 Å². The maximum absolute atomic E-state index is 12.8. The van der Waals surface area contributed by atoms with E-state index in [0.29, 0.717) is 23.5 Å². The Kier molecular flexibility index (Phi) is 4.87. The number of rotatable bonds is 6. The standard InChI is InChI=1S/C15H18FN3O/c1-11(2)7-9-17-15-18-10-8-14(19-15)20-13-5-3-12(16)4-6-13/h3-6,8,10-11H,7,9H2,1-2H3,(H,17,18,19). The summed E-state index contributed by atoms with van der Waals surface area (Å²) in [6.45, 7) is 5.14. The van der Waals surface area contributed by atoms with Crippen LogP contribution in [0, 0.1) is 11.7 Å². The van der Waals surface area contributed by atoms with Crippen molar-refractivity contribution in [2.75, 3.05) is 11.9 Å². The Labute approximate surface area is 118 Å². The highest BCUT2D eigenvalue weighted by Gasteiger charge is 2.02. The van der Waals surface area contributed by atoms with Crippen LogP contribution in [-0.2, 0) is 0 Å². The summed E-state index contributed by atoms with van der Waals surface area (Å²) < 4.78 is 18.3. The van der Waals surface area contributed by atoms with E-state index in [0.717, 1.165) is 13.0 Å². The zero-order valence-electron chi connectivity index (χ0n) is 11.6. The number of halogens is 1. The molecule has 0 bridgehead atoms. The van der Waals surface area contributed by atoms with E-state index in [-0.39, 0.29) is 5.82 Å². The molecule has 0 spiro atoms. The molecule has 106 valence electrons. The van der Waals surface area contributed by atoms with Gasteiger partial charge in [-0.2, -0.15) is 4.98 Å². The quantitative estimate of drug-likeness (QED) is 0.869. The number of benzene rings is 1. The van der Waals surface area contributed by atoms with Gasteiger partial charge < -0.3 is 10.1 Å². The first-order valence-corrected chi connectivity index (χ1v) is 6.64. The summed E-state index contributed by atoms with van der Waals surface area (Å²) >= 11 is 0. The van der Waals surface area contributed by atoms with Crippen LogP contribution in [0.25, 0.3) is 0 Å². The summed E-state index contributed by atoms with van der Waals surface area (Å²) in [4.78, 5) is 8.38. The van der Waals surface area contributed by atoms with Gasteiger partial charge in [-0.15, -0.1) is 0 Å². The van der Waals surface area contributed by atoms with Crippen LogP contribution in [-0.4, -0.2) is 16.5 Å². The third-order valence-corrected chi connectivity index (χ3v) is 2.67. The molecule has 0 unspecified atom stereocenters. The number of nitrogens with zero attached hydrogens (tertiary/aromatic N) is 2. The Hall–Kier alpha value is -2.17. The topological polar surface area (TPSA) is 47.0 Å². The van der Waals surface area contributed by atoms with Crippen LogP contribution >= 0.6 is 0 Å². The second kappa shape index (κ2) is 6.84. The Bertz CT molecular complexity index is 543. The van der Waals surface area contributed by atoms with Gasteiger partial charge in [-0.25, -0.2) is 9.37 Å². The molecule has 4 nitrogen and oxygen atoms in total. The number of nitrogens with one attached hydrogen (secondary N) is 1. The van der Waals surface area contributed by atoms with Crippen LogP contribution in [0.3, 0.4) is 0 Å². The molecule has 0 aliphatic carbocycles. The van der Waals surface area contributed by atoms with Gasteiger partial charge in [0.25, 0.3) is 0 Å². The first-order valence-electron chi connectivity index (χ1n) is 6.64. The summed E-state index contributed by atoms with van der Waals surface area (Å²) in [6.07, 6.45) is 2.68. The predicted molar refractivity (Wildman–Crippen MR) is 76.5 cm³/mol. The summed E-state index contributed by atoms with van der Waals surface area (Å²) in [5, 5.41) is 3.15. The van der Waals surface area contributed by atoms with Gasteiger partial charge in [-0.3, -0.25) is 0 Å². The third-order valence-electron chi connectivity index (χ3n) is 2.67. The van der Waals surface area contributed by atoms with Gasteiger partial charge in [0, 0.05) is 18.8 Å². The van der Waals surface area contributed by atoms with Crippen LogP contribution in [0.5, 0.6) is 11.6 Å². The van der Waals surface area contributed by atoms with E-state index < -0.39 is 0 Å². The van der Waals surface area contributed by atoms with Gasteiger partial charge in [0.05, 0.1) is 0 Å². The highest BCUT2D eigenvalue weighted by atomic mass is 19.1. The molecule has 1 aromatic heterocycles. The maximum Gasteiger partial charge on any atom is 0.225 e. The van der Waals surface area contributed by atoms with E-state index in [1.807, 2.05) is 0 Å². The maximum atomic E-state index is 12.8. The monoisotopic (exact) mass is 275 g/mol. The molecule has 1 heterocycles. The molecule has 0 radical (unpaired) electrons. The first kappa shape index (κ1) is 14.2. The number of hydrogen-bond acceptors (Lipinski definition) is 4. The summed E-state index contributed by atoms with van der Waals surface area (Å²) in [5.41, 5.74) is 0. The molecule has 2 aromatic rings. The Morgan fingerprint density at radius 2 is 1.95 bits per heavy atom. The van der Waals surface area contributed by atoms with Crippen molar-refractivity contribution in [3.05, 3.63) is 42.3 Å². The second-order valence-electron chi connectivity index (χ2n) is 4.88. The number of aromatic nitrogens is 2. The van der Waals surface area contributed by atoms with E-state index in [4.69, 9.17) is 4.74 Å². The molecule has 0 fully saturated rings. The van der Waals surface area contributed by atoms with Crippen molar-refractivity contribution < 1.29 is 9.13 Å². The lowest BCUT2D eigenvalue weighted by Crippen LogP contribution is -2.07. The minimum absolute atomic E-state index is 0.295. The molecular weight excluding hydrogens is 257 g/mol. The molecule has 2 rings (SSSR count). The molecule has 0 amide bonds. The summed E-state index contributed by atoms with van der Waals surface area (Å²) in [7, 11) is 0. The number of hydrogen-bond donors (Lipinski definition) is 1. The van der Waals surface area contributed by atoms with Crippen molar-refractivity contribution in [3.8, 4) is 11.6 Å². The number of anilines is 1. The third kappa shape index (κ3) is 4.50. The molecule has 0 aliphatic rings. The van der Waals surface area contributed by atoms with Gasteiger partial charge in [0.2, 0.25) is 11.8 Å². The fourth-order valence-corrected chi connectivity index (χ4v) is 1.58. The van der Waals surface area contributed by atoms with Gasteiger partial charge in [0.1, 0.15) is 11.6 Å². The van der Waals surface area contributed by atoms with Gasteiger partial charge in [-0.05, 0) is 36.6 Å². The lowest BCUT2D eigenvalue weighted by atomic mass is 10.1. The van der Waals surface area contributed by atoms with Gasteiger partial charge in [-0.1, -0.05) is 13.8 Å². The summed E-state index contributed by atoms with van der Waals surface area (Å²) in [6, 6.07) is 7.47. The highest BCUT2D eigenvalue weighted by molar-refractivity contribution is 5.31. The zero-order chi connectivity index (χ0) is 14.4. The van der Waals surface area contributed by atoms with Crippen LogP contribution < -0.4 is 10.1 Å². The van der Waals surface area contributed by atoms with E-state index in [1.54, 1.807) is 24.4 Å². The summed E-state index contributed by atoms with van der Waals surface area (Å²) in [5.74, 6) is 1.83. The first-order chi connectivity index (χ1) is 9.63. The van der Waals surface area contributed by atoms with Crippen molar-refractivity contribution in [3.63, 3.8) is 0 Å². The van der Waals surface area contributed by atoms with E-state index in [2.05, 4.69) is 29.1 Å². The molecule has 5 heteroatoms. The van der Waals surface area contributed by atoms with Crippen molar-refractivity contribution in [2.45, 2.75) is 20.3 Å². The molecule has 1 aromatic carbocycles. The minimum atomic E-state index is -0.295. The predicted octanol–water partition coefficient (Wildman–Crippen LogP) is 3.87. The molecule has 0 saturated heterocycles. The van der Waals surface area contributed by atoms with Crippen LogP contribution in [0.15, 0.2) is 36.5 Å². The lowest BCUT2D eigenvalue weighted by Gasteiger charge is -2.08. The zero-order valence-corrected chi connectivity index (χ0v) is 11.6. The number of ether oxygens (including phenoxy) is 1. The smallest absolute Gasteiger partial charge is 0.225 e. The minimum Gasteiger partial charge on any atom is -0.439 e. The average molecular weight is 275 g/mol. The Morgan fingerprint density at radius 3 is 2.65 bits per heavy atom. The molecule has 20 heavy (non-hydrogen) atoms. The fourth-order valence-electron chi connectivity index (χ4n) is 1.58. The molecule has 0 aliphatic heterocycles. The Morgan fingerprint density at radius 1 is 1.20 bits per heavy atom. The van der Waals surface area contributed by atoms with Crippen LogP contribution in [0.1, 0.15) is 20.3 Å². The molecule has 1 N–H and O–H groups in total. The molecular formula is C15H18FN3O. The highest BCUT2D eigenvalue weighted by Crippen LogP contribution is 2.19. The van der Waals surface area contributed by atoms with Crippen LogP contribution in [0.4, 0.5) is 10.3 Å². The molecule has 0 atom stereocenters. The van der Waals surface area contributed by atoms with Crippen LogP contribution in [0.2, 0.25) is 0 Å². The van der Waals surface area contributed by atoms with Crippen molar-refractivity contribution in [2.24, 2.45) is 5.92 Å². The second-order valence-corrected chi connectivity index (χ2v) is 4.88. The normalized spacial score (nSPS) is 10.6. The molecule has 0 saturated carbocycles. The van der Waals surface area contributed by atoms with E-state index in [1.165, 1.54) is 12.1 Å². The SMILES string of the molecule is CC(C)CCNc1nccc(Oc2ccc(F)cc2)n1. The van der Waals surface area contributed by atoms with Crippen molar-refractivity contribution >= 4 is 5.95 Å². The lowest BCUT2D eigenvalue weighted by molar-refractivity contribution is 0.460. The van der Waals surface area contributed by atoms with E-state index >= 15 is 0 Å². The Balaban J connectivity index is 1.96. The largest absolute Gasteiger partial charge is 0.439 e. The average Bonchev–Trinajstić information content (AvgIpc) is 2.41.